The normalized spacial score (nSPS) is 19.9. The fourth-order valence-corrected chi connectivity index (χ4v) is 4.46. The maximum absolute atomic E-state index is 13.2. The molecule has 2 unspecified atom stereocenters. The van der Waals surface area contributed by atoms with Crippen LogP contribution in [0.15, 0.2) is 51.8 Å². The van der Waals surface area contributed by atoms with E-state index in [0.29, 0.717) is 18.0 Å². The lowest BCUT2D eigenvalue weighted by molar-refractivity contribution is -0.140. The quantitative estimate of drug-likeness (QED) is 0.480. The van der Waals surface area contributed by atoms with Gasteiger partial charge < -0.3 is 10.6 Å². The van der Waals surface area contributed by atoms with E-state index in [1.807, 2.05) is 0 Å². The van der Waals surface area contributed by atoms with Crippen molar-refractivity contribution in [3.05, 3.63) is 42.7 Å². The zero-order chi connectivity index (χ0) is 25.5. The van der Waals surface area contributed by atoms with Gasteiger partial charge in [0, 0.05) is 32.1 Å². The Kier molecular flexibility index (Phi) is 9.33. The van der Waals surface area contributed by atoms with E-state index in [0.717, 1.165) is 24.3 Å². The van der Waals surface area contributed by atoms with E-state index in [-0.39, 0.29) is 17.9 Å². The first kappa shape index (κ1) is 27.0. The molecule has 0 spiro atoms. The van der Waals surface area contributed by atoms with Crippen LogP contribution in [0.25, 0.3) is 0 Å². The first-order chi connectivity index (χ1) is 16.0. The van der Waals surface area contributed by atoms with Crippen LogP contribution in [0.5, 0.6) is 0 Å². The van der Waals surface area contributed by atoms with Crippen LogP contribution < -0.4 is 15.4 Å². The Morgan fingerprint density at radius 2 is 1.94 bits per heavy atom. The van der Waals surface area contributed by atoms with Crippen LogP contribution in [0.3, 0.4) is 0 Å². The Bertz CT molecular complexity index is 1110. The Morgan fingerprint density at radius 3 is 2.50 bits per heavy atom. The predicted molar refractivity (Wildman–Crippen MR) is 126 cm³/mol. The number of hydrogen-bond acceptors (Lipinski definition) is 6. The summed E-state index contributed by atoms with van der Waals surface area (Å²) in [5.41, 5.74) is 0.335. The van der Waals surface area contributed by atoms with Gasteiger partial charge in [0.15, 0.2) is 0 Å². The van der Waals surface area contributed by atoms with Gasteiger partial charge in [-0.3, -0.25) is 19.4 Å². The fourth-order valence-electron chi connectivity index (χ4n) is 3.11. The molecule has 12 heteroatoms. The lowest BCUT2D eigenvalue weighted by Crippen LogP contribution is -2.56. The number of nitrogens with zero attached hydrogens (tertiary/aromatic N) is 2. The summed E-state index contributed by atoms with van der Waals surface area (Å²) in [5, 5.41) is 4.93. The van der Waals surface area contributed by atoms with Crippen LogP contribution in [0.2, 0.25) is 0 Å². The average Bonchev–Trinajstić information content (AvgIpc) is 2.79. The number of carbonyl (C=O) groups is 3. The summed E-state index contributed by atoms with van der Waals surface area (Å²) < 4.78 is 40.9. The molecule has 0 saturated heterocycles. The monoisotopic (exact) mass is 493 g/mol. The molecule has 1 aliphatic heterocycles. The van der Waals surface area contributed by atoms with E-state index in [9.17, 15) is 27.2 Å². The van der Waals surface area contributed by atoms with Gasteiger partial charge in [-0.2, -0.15) is 4.72 Å². The van der Waals surface area contributed by atoms with E-state index in [1.165, 1.54) is 13.1 Å². The lowest BCUT2D eigenvalue weighted by Gasteiger charge is -2.25. The molecule has 1 aromatic carbocycles. The molecule has 1 aromatic rings. The van der Waals surface area contributed by atoms with Crippen LogP contribution in [0.4, 0.5) is 4.39 Å². The molecule has 0 aliphatic carbocycles. The summed E-state index contributed by atoms with van der Waals surface area (Å²) >= 11 is 0. The Labute approximate surface area is 197 Å². The molecular weight excluding hydrogens is 465 g/mol. The number of amides is 2. The molecule has 0 radical (unpaired) electrons. The van der Waals surface area contributed by atoms with Crippen molar-refractivity contribution in [2.75, 3.05) is 13.6 Å². The maximum Gasteiger partial charge on any atom is 0.289 e. The van der Waals surface area contributed by atoms with E-state index in [4.69, 9.17) is 0 Å². The molecule has 2 atom stereocenters. The second-order valence-electron chi connectivity index (χ2n) is 7.88. The van der Waals surface area contributed by atoms with Gasteiger partial charge in [0.25, 0.3) is 5.91 Å². The number of aliphatic imine (C=N–C) groups is 2. The molecule has 0 saturated carbocycles. The first-order valence-electron chi connectivity index (χ1n) is 10.5. The predicted octanol–water partition coefficient (Wildman–Crippen LogP) is 0.748. The number of benzene rings is 1. The Balaban J connectivity index is 2.31. The molecule has 0 aromatic heterocycles. The third-order valence-corrected chi connectivity index (χ3v) is 6.48. The van der Waals surface area contributed by atoms with Gasteiger partial charge >= 0.3 is 0 Å². The number of halogens is 1. The molecule has 184 valence electrons. The Morgan fingerprint density at radius 1 is 1.29 bits per heavy atom. The molecule has 1 heterocycles. The summed E-state index contributed by atoms with van der Waals surface area (Å²) in [7, 11) is -2.64. The van der Waals surface area contributed by atoms with Crippen molar-refractivity contribution in [3.63, 3.8) is 0 Å². The average molecular weight is 494 g/mol. The minimum absolute atomic E-state index is 0.123. The number of ketones is 1. The van der Waals surface area contributed by atoms with Crippen LogP contribution in [-0.2, 0) is 24.4 Å². The third kappa shape index (κ3) is 7.12. The number of nitrogens with one attached hydrogen (secondary N) is 3. The molecule has 3 N–H and O–H groups in total. The van der Waals surface area contributed by atoms with Crippen molar-refractivity contribution in [2.24, 2.45) is 15.9 Å². The van der Waals surface area contributed by atoms with E-state index < -0.39 is 51.4 Å². The highest BCUT2D eigenvalue weighted by atomic mass is 32.2. The van der Waals surface area contributed by atoms with Crippen LogP contribution in [0, 0.1) is 11.7 Å². The van der Waals surface area contributed by atoms with Crippen molar-refractivity contribution in [1.82, 2.24) is 15.4 Å². The lowest BCUT2D eigenvalue weighted by atomic mass is 10.0. The van der Waals surface area contributed by atoms with E-state index >= 15 is 0 Å². The van der Waals surface area contributed by atoms with Gasteiger partial charge in [-0.05, 0) is 36.3 Å². The Hall–Kier alpha value is -3.25. The summed E-state index contributed by atoms with van der Waals surface area (Å²) in [6, 6.07) is 1.53. The smallest absolute Gasteiger partial charge is 0.289 e. The van der Waals surface area contributed by atoms with Crippen molar-refractivity contribution in [2.45, 2.75) is 43.7 Å². The highest BCUT2D eigenvalue weighted by Gasteiger charge is 2.34. The maximum atomic E-state index is 13.2. The third-order valence-electron chi connectivity index (χ3n) is 5.03. The number of Topliss-reactive ketones (excluding diaryl/α,β-unsaturated/α-hetero) is 1. The van der Waals surface area contributed by atoms with Crippen molar-refractivity contribution in [3.8, 4) is 0 Å². The number of allylic oxidation sites excluding steroid dienone is 1. The molecular formula is C22H28FN5O5S. The molecule has 0 bridgehead atoms. The van der Waals surface area contributed by atoms with Crippen LogP contribution in [0.1, 0.15) is 26.7 Å². The van der Waals surface area contributed by atoms with Crippen molar-refractivity contribution in [1.29, 1.82) is 0 Å². The second kappa shape index (κ2) is 11.7. The van der Waals surface area contributed by atoms with Gasteiger partial charge in [0.05, 0.1) is 4.90 Å². The summed E-state index contributed by atoms with van der Waals surface area (Å²) in [6.45, 7) is 7.00. The highest BCUT2D eigenvalue weighted by Crippen LogP contribution is 2.14. The SMILES string of the molecule is C=CC1=NC(=NC)CCNC(=O)C(=O)C(NC(=O)C(NS(=O)(=O)c2ccc(F)cc2)C(C)C)C1. The molecule has 10 nitrogen and oxygen atoms in total. The molecule has 2 rings (SSSR count). The van der Waals surface area contributed by atoms with Crippen LogP contribution in [-0.4, -0.2) is 63.2 Å². The van der Waals surface area contributed by atoms with Gasteiger partial charge in [-0.15, -0.1) is 0 Å². The second-order valence-corrected chi connectivity index (χ2v) is 9.59. The standard InChI is InChI=1S/C22H28FN5O5S/c1-5-15-12-17(20(29)22(31)25-11-10-18(24-4)26-15)27-21(30)19(13(2)3)28-34(32,33)16-8-6-14(23)7-9-16/h5-9,13,17,19,28H,1,10-12H2,2-4H3,(H,25,31)(H,27,30). The van der Waals surface area contributed by atoms with E-state index in [2.05, 4.69) is 31.9 Å². The summed E-state index contributed by atoms with van der Waals surface area (Å²) in [5.74, 6) is -3.30. The number of rotatable bonds is 7. The van der Waals surface area contributed by atoms with Crippen molar-refractivity contribution < 1.29 is 27.2 Å². The molecule has 2 amide bonds. The largest absolute Gasteiger partial charge is 0.349 e. The molecule has 1 aliphatic rings. The summed E-state index contributed by atoms with van der Waals surface area (Å²) in [6.07, 6.45) is 1.56. The number of carbonyl (C=O) groups excluding carboxylic acids is 3. The van der Waals surface area contributed by atoms with Gasteiger partial charge in [0.1, 0.15) is 23.7 Å². The van der Waals surface area contributed by atoms with E-state index in [1.54, 1.807) is 13.8 Å². The zero-order valence-electron chi connectivity index (χ0n) is 19.2. The number of amidine groups is 1. The highest BCUT2D eigenvalue weighted by molar-refractivity contribution is 7.89. The topological polar surface area (TPSA) is 146 Å². The van der Waals surface area contributed by atoms with Crippen molar-refractivity contribution >= 4 is 39.2 Å². The summed E-state index contributed by atoms with van der Waals surface area (Å²) in [4.78, 5) is 46.2. The van der Waals surface area contributed by atoms with Gasteiger partial charge in [-0.25, -0.2) is 17.8 Å². The minimum atomic E-state index is -4.18. The first-order valence-corrected chi connectivity index (χ1v) is 12.0. The fraction of sp³-hybridized carbons (Fsp3) is 0.409. The molecule has 34 heavy (non-hydrogen) atoms. The zero-order valence-corrected chi connectivity index (χ0v) is 20.0. The minimum Gasteiger partial charge on any atom is -0.349 e. The number of hydrogen-bond donors (Lipinski definition) is 3. The van der Waals surface area contributed by atoms with Gasteiger partial charge in [0.2, 0.25) is 21.7 Å². The van der Waals surface area contributed by atoms with Gasteiger partial charge in [-0.1, -0.05) is 20.4 Å². The van der Waals surface area contributed by atoms with Crippen LogP contribution >= 0.6 is 0 Å². The molecule has 0 fully saturated rings. The number of sulfonamides is 1.